The molecule has 4 heterocycles. The van der Waals surface area contributed by atoms with Crippen molar-refractivity contribution in [1.82, 2.24) is 19.7 Å². The highest BCUT2D eigenvalue weighted by atomic mass is 16.6. The Morgan fingerprint density at radius 1 is 1.31 bits per heavy atom. The molecule has 0 fully saturated rings. The lowest BCUT2D eigenvalue weighted by Gasteiger charge is -2.07. The van der Waals surface area contributed by atoms with Crippen molar-refractivity contribution in [3.8, 4) is 17.4 Å². The van der Waals surface area contributed by atoms with Gasteiger partial charge in [0.25, 0.3) is 11.5 Å². The summed E-state index contributed by atoms with van der Waals surface area (Å²) in [5.74, 6) is -0.967. The van der Waals surface area contributed by atoms with Gasteiger partial charge < -0.3 is 14.2 Å². The smallest absolute Gasteiger partial charge is 0.433 e. The topological polar surface area (TPSA) is 162 Å². The largest absolute Gasteiger partial charge is 0.463 e. The molecule has 4 rings (SSSR count). The van der Waals surface area contributed by atoms with Gasteiger partial charge in [0.1, 0.15) is 16.4 Å². The lowest BCUT2D eigenvalue weighted by Crippen LogP contribution is -2.18. The van der Waals surface area contributed by atoms with Crippen LogP contribution >= 0.6 is 0 Å². The molecule has 0 aliphatic carbocycles. The molecule has 0 unspecified atom stereocenters. The SMILES string of the molecule is Cc1cc(=O)[nH]c(-n2nc(-c3ccco3)cc2NC(=O)c2ccc([N+](=O)[O-])o2)n1. The number of hydrogen-bond acceptors (Lipinski definition) is 8. The van der Waals surface area contributed by atoms with Gasteiger partial charge in [0.05, 0.1) is 12.3 Å². The van der Waals surface area contributed by atoms with Crippen molar-refractivity contribution in [2.24, 2.45) is 0 Å². The fourth-order valence-electron chi connectivity index (χ4n) is 2.57. The fourth-order valence-corrected chi connectivity index (χ4v) is 2.57. The summed E-state index contributed by atoms with van der Waals surface area (Å²) in [6, 6.07) is 8.38. The summed E-state index contributed by atoms with van der Waals surface area (Å²) in [4.78, 5) is 41.0. The van der Waals surface area contributed by atoms with Gasteiger partial charge in [-0.1, -0.05) is 0 Å². The van der Waals surface area contributed by atoms with E-state index in [4.69, 9.17) is 8.83 Å². The summed E-state index contributed by atoms with van der Waals surface area (Å²) in [5.41, 5.74) is 0.402. The van der Waals surface area contributed by atoms with Gasteiger partial charge in [0, 0.05) is 17.8 Å². The molecule has 29 heavy (non-hydrogen) atoms. The Balaban J connectivity index is 1.75. The summed E-state index contributed by atoms with van der Waals surface area (Å²) in [6.45, 7) is 1.63. The Labute approximate surface area is 160 Å². The molecule has 0 bridgehead atoms. The molecular formula is C17H12N6O6. The third-order valence-corrected chi connectivity index (χ3v) is 3.78. The predicted molar refractivity (Wildman–Crippen MR) is 97.7 cm³/mol. The minimum absolute atomic E-state index is 0.0635. The van der Waals surface area contributed by atoms with Crippen LogP contribution in [-0.2, 0) is 0 Å². The molecule has 0 aromatic carbocycles. The molecule has 4 aromatic heterocycles. The Morgan fingerprint density at radius 2 is 2.14 bits per heavy atom. The number of carbonyl (C=O) groups is 1. The number of nitro groups is 1. The molecule has 1 amide bonds. The van der Waals surface area contributed by atoms with Gasteiger partial charge in [0.15, 0.2) is 11.5 Å². The number of furan rings is 2. The first-order valence-corrected chi connectivity index (χ1v) is 8.18. The number of carbonyl (C=O) groups excluding carboxylic acids is 1. The first kappa shape index (κ1) is 17.9. The fraction of sp³-hybridized carbons (Fsp3) is 0.0588. The van der Waals surface area contributed by atoms with Gasteiger partial charge in [-0.05, 0) is 25.1 Å². The number of nitrogens with zero attached hydrogens (tertiary/aromatic N) is 4. The van der Waals surface area contributed by atoms with Crippen LogP contribution in [0.1, 0.15) is 16.2 Å². The molecule has 0 saturated carbocycles. The molecule has 0 aliphatic heterocycles. The van der Waals surface area contributed by atoms with E-state index >= 15 is 0 Å². The van der Waals surface area contributed by atoms with Crippen LogP contribution in [0.3, 0.4) is 0 Å². The molecule has 0 aliphatic rings. The van der Waals surface area contributed by atoms with Crippen molar-refractivity contribution in [2.75, 3.05) is 5.32 Å². The van der Waals surface area contributed by atoms with Crippen molar-refractivity contribution >= 4 is 17.6 Å². The third-order valence-electron chi connectivity index (χ3n) is 3.78. The average molecular weight is 396 g/mol. The summed E-state index contributed by atoms with van der Waals surface area (Å²) in [6.07, 6.45) is 1.46. The standard InChI is InChI=1S/C17H12N6O6/c1-9-7-14(24)20-17(18-9)22-13(8-10(21-22)11-3-2-6-28-11)19-16(25)12-4-5-15(29-12)23(26)27/h2-8H,1H3,(H,19,25)(H,18,20,24). The molecule has 0 spiro atoms. The number of anilines is 1. The second-order valence-corrected chi connectivity index (χ2v) is 5.86. The number of aryl methyl sites for hydroxylation is 1. The maximum absolute atomic E-state index is 12.5. The Morgan fingerprint density at radius 3 is 2.79 bits per heavy atom. The summed E-state index contributed by atoms with van der Waals surface area (Å²) in [7, 11) is 0. The van der Waals surface area contributed by atoms with E-state index in [0.29, 0.717) is 17.1 Å². The van der Waals surface area contributed by atoms with Crippen LogP contribution in [0.5, 0.6) is 0 Å². The minimum Gasteiger partial charge on any atom is -0.463 e. The number of aromatic amines is 1. The van der Waals surface area contributed by atoms with Crippen LogP contribution < -0.4 is 10.9 Å². The number of aromatic nitrogens is 4. The number of hydrogen-bond donors (Lipinski definition) is 2. The zero-order valence-electron chi connectivity index (χ0n) is 14.8. The van der Waals surface area contributed by atoms with Gasteiger partial charge in [0.2, 0.25) is 5.95 Å². The molecule has 0 saturated heterocycles. The molecule has 0 radical (unpaired) electrons. The molecule has 4 aromatic rings. The van der Waals surface area contributed by atoms with E-state index in [9.17, 15) is 19.7 Å². The van der Waals surface area contributed by atoms with Gasteiger partial charge in [-0.15, -0.1) is 0 Å². The highest BCUT2D eigenvalue weighted by Crippen LogP contribution is 2.25. The lowest BCUT2D eigenvalue weighted by atomic mass is 10.3. The summed E-state index contributed by atoms with van der Waals surface area (Å²) in [5, 5.41) is 17.6. The second kappa shape index (κ2) is 6.92. The van der Waals surface area contributed by atoms with E-state index < -0.39 is 22.3 Å². The van der Waals surface area contributed by atoms with E-state index in [2.05, 4.69) is 20.4 Å². The van der Waals surface area contributed by atoms with E-state index in [0.717, 1.165) is 6.07 Å². The second-order valence-electron chi connectivity index (χ2n) is 5.86. The van der Waals surface area contributed by atoms with Crippen LogP contribution in [0, 0.1) is 17.0 Å². The number of amides is 1. The van der Waals surface area contributed by atoms with Crippen LogP contribution in [-0.4, -0.2) is 30.6 Å². The van der Waals surface area contributed by atoms with E-state index in [-0.39, 0.29) is 17.5 Å². The van der Waals surface area contributed by atoms with Crippen molar-refractivity contribution in [1.29, 1.82) is 0 Å². The molecule has 12 heteroatoms. The van der Waals surface area contributed by atoms with E-state index in [1.54, 1.807) is 19.1 Å². The van der Waals surface area contributed by atoms with E-state index in [1.807, 2.05) is 0 Å². The monoisotopic (exact) mass is 396 g/mol. The lowest BCUT2D eigenvalue weighted by molar-refractivity contribution is -0.402. The van der Waals surface area contributed by atoms with Crippen molar-refractivity contribution in [3.63, 3.8) is 0 Å². The van der Waals surface area contributed by atoms with Gasteiger partial charge in [-0.2, -0.15) is 9.78 Å². The molecule has 12 nitrogen and oxygen atoms in total. The maximum Gasteiger partial charge on any atom is 0.433 e. The Bertz CT molecular complexity index is 1270. The van der Waals surface area contributed by atoms with E-state index in [1.165, 1.54) is 29.1 Å². The van der Waals surface area contributed by atoms with Crippen molar-refractivity contribution in [3.05, 3.63) is 74.6 Å². The quantitative estimate of drug-likeness (QED) is 0.383. The van der Waals surface area contributed by atoms with Crippen LogP contribution in [0.15, 0.2) is 56.3 Å². The first-order chi connectivity index (χ1) is 13.9. The zero-order valence-corrected chi connectivity index (χ0v) is 14.8. The maximum atomic E-state index is 12.5. The molecule has 2 N–H and O–H groups in total. The van der Waals surface area contributed by atoms with Crippen molar-refractivity contribution < 1.29 is 18.6 Å². The molecular weight excluding hydrogens is 384 g/mol. The van der Waals surface area contributed by atoms with Gasteiger partial charge >= 0.3 is 5.88 Å². The van der Waals surface area contributed by atoms with Crippen LogP contribution in [0.4, 0.5) is 11.7 Å². The van der Waals surface area contributed by atoms with Crippen LogP contribution in [0.25, 0.3) is 17.4 Å². The highest BCUT2D eigenvalue weighted by Gasteiger charge is 2.21. The summed E-state index contributed by atoms with van der Waals surface area (Å²) >= 11 is 0. The molecule has 0 atom stereocenters. The number of nitrogens with one attached hydrogen (secondary N) is 2. The van der Waals surface area contributed by atoms with Crippen molar-refractivity contribution in [2.45, 2.75) is 6.92 Å². The predicted octanol–water partition coefficient (Wildman–Crippen LogP) is 2.28. The highest BCUT2D eigenvalue weighted by molar-refractivity contribution is 6.02. The Kier molecular flexibility index (Phi) is 4.27. The van der Waals surface area contributed by atoms with Crippen LogP contribution in [0.2, 0.25) is 0 Å². The zero-order chi connectivity index (χ0) is 20.5. The molecule has 146 valence electrons. The average Bonchev–Trinajstić information content (AvgIpc) is 3.41. The van der Waals surface area contributed by atoms with Gasteiger partial charge in [-0.25, -0.2) is 4.98 Å². The third kappa shape index (κ3) is 3.53. The number of H-pyrrole nitrogens is 1. The minimum atomic E-state index is -0.753. The first-order valence-electron chi connectivity index (χ1n) is 8.18. The Hall–Kier alpha value is -4.48. The summed E-state index contributed by atoms with van der Waals surface area (Å²) < 4.78 is 11.4. The van der Waals surface area contributed by atoms with Gasteiger partial charge in [-0.3, -0.25) is 24.7 Å². The normalized spacial score (nSPS) is 10.8. The number of rotatable bonds is 5.